The standard InChI is InChI=1S/C49H59N7O8/c1-7-32-13-17-40(56(32)47(58)44(54-49(60)62-6)30-9-8-18-63-24-30)38-21-35-34-22-42-36(20-28(34)12-15-37(35)51-38)33-14-11-29(19-31(33)25-64-42)39-23-50-45(52-39)41-16-10-27(4)55(41)46(57)43(26(2)3)53-48(59)61-5/h11-12,14-15,19-20,22-23,26-27,30,32,40-41,43-44H,7-10,13,16-18,21,24-25H2,1-6H3,(H,50,52)(H,53,59)(H,54,60)/t27-,30-,32-,40-,41-,43-,44-/m0/s1. The summed E-state index contributed by atoms with van der Waals surface area (Å²) in [5, 5.41) is 7.78. The number of carbonyl (C=O) groups is 4. The molecule has 0 bridgehead atoms. The van der Waals surface area contributed by atoms with E-state index in [1.54, 1.807) is 0 Å². The average molecular weight is 874 g/mol. The van der Waals surface area contributed by atoms with Crippen molar-refractivity contribution in [2.45, 2.75) is 122 Å². The summed E-state index contributed by atoms with van der Waals surface area (Å²) in [6.07, 6.45) is 6.90. The molecule has 4 amide bonds. The Balaban J connectivity index is 0.939. The van der Waals surface area contributed by atoms with Crippen molar-refractivity contribution in [3.05, 3.63) is 65.6 Å². The molecule has 3 aromatic carbocycles. The molecule has 0 spiro atoms. The van der Waals surface area contributed by atoms with Crippen LogP contribution < -0.4 is 15.4 Å². The van der Waals surface area contributed by atoms with Crippen LogP contribution in [0.3, 0.4) is 0 Å². The number of methoxy groups -OCH3 is 2. The maximum atomic E-state index is 14.6. The molecule has 5 aliphatic rings. The van der Waals surface area contributed by atoms with Gasteiger partial charge in [0, 0.05) is 42.3 Å². The molecule has 0 aliphatic carbocycles. The summed E-state index contributed by atoms with van der Waals surface area (Å²) in [6, 6.07) is 13.1. The summed E-state index contributed by atoms with van der Waals surface area (Å²) in [6.45, 7) is 9.44. The number of imidazole rings is 1. The fraction of sp³-hybridized carbons (Fsp3) is 0.510. The first kappa shape index (κ1) is 43.3. The van der Waals surface area contributed by atoms with Crippen LogP contribution in [0.2, 0.25) is 0 Å². The Morgan fingerprint density at radius 1 is 0.906 bits per heavy atom. The number of nitrogens with one attached hydrogen (secondary N) is 3. The number of aliphatic imine (C=N–C) groups is 1. The normalized spacial score (nSPS) is 23.4. The highest BCUT2D eigenvalue weighted by atomic mass is 16.5. The minimum absolute atomic E-state index is 0.0143. The molecule has 0 radical (unpaired) electrons. The lowest BCUT2D eigenvalue weighted by Gasteiger charge is -2.37. The molecule has 0 saturated carbocycles. The van der Waals surface area contributed by atoms with Crippen molar-refractivity contribution in [3.63, 3.8) is 0 Å². The van der Waals surface area contributed by atoms with Crippen molar-refractivity contribution in [2.24, 2.45) is 16.8 Å². The molecule has 338 valence electrons. The molecule has 1 aromatic heterocycles. The topological polar surface area (TPSA) is 177 Å². The van der Waals surface area contributed by atoms with Crippen LogP contribution in [-0.2, 0) is 36.8 Å². The molecule has 3 N–H and O–H groups in total. The fourth-order valence-electron chi connectivity index (χ4n) is 10.7. The second-order valence-electron chi connectivity index (χ2n) is 18.3. The second-order valence-corrected chi connectivity index (χ2v) is 18.3. The maximum absolute atomic E-state index is 14.6. The maximum Gasteiger partial charge on any atom is 0.407 e. The van der Waals surface area contributed by atoms with Gasteiger partial charge in [-0.3, -0.25) is 14.6 Å². The van der Waals surface area contributed by atoms with Crippen molar-refractivity contribution in [1.29, 1.82) is 0 Å². The number of aromatic nitrogens is 2. The number of hydrogen-bond acceptors (Lipinski definition) is 10. The highest BCUT2D eigenvalue weighted by molar-refractivity contribution is 6.07. The molecule has 64 heavy (non-hydrogen) atoms. The average Bonchev–Trinajstić information content (AvgIpc) is 4.14. The van der Waals surface area contributed by atoms with E-state index in [2.05, 4.69) is 65.0 Å². The van der Waals surface area contributed by atoms with Crippen LogP contribution in [0.1, 0.15) is 95.6 Å². The smallest absolute Gasteiger partial charge is 0.407 e. The summed E-state index contributed by atoms with van der Waals surface area (Å²) >= 11 is 0. The van der Waals surface area contributed by atoms with Crippen molar-refractivity contribution in [2.75, 3.05) is 27.4 Å². The number of ether oxygens (including phenoxy) is 4. The molecule has 0 unspecified atom stereocenters. The zero-order chi connectivity index (χ0) is 44.8. The number of carbonyl (C=O) groups excluding carboxylic acids is 4. The predicted octanol–water partition coefficient (Wildman–Crippen LogP) is 7.77. The summed E-state index contributed by atoms with van der Waals surface area (Å²) in [5.74, 6) is 1.03. The highest BCUT2D eigenvalue weighted by Gasteiger charge is 2.45. The lowest BCUT2D eigenvalue weighted by Crippen LogP contribution is -2.57. The molecule has 15 heteroatoms. The lowest BCUT2D eigenvalue weighted by atomic mass is 9.90. The van der Waals surface area contributed by atoms with Gasteiger partial charge in [-0.2, -0.15) is 0 Å². The summed E-state index contributed by atoms with van der Waals surface area (Å²) in [7, 11) is 2.62. The van der Waals surface area contributed by atoms with Gasteiger partial charge in [0.15, 0.2) is 0 Å². The van der Waals surface area contributed by atoms with Crippen molar-refractivity contribution < 1.29 is 38.1 Å². The van der Waals surface area contributed by atoms with Gasteiger partial charge in [0.1, 0.15) is 30.3 Å². The summed E-state index contributed by atoms with van der Waals surface area (Å²) < 4.78 is 22.0. The quantitative estimate of drug-likeness (QED) is 0.144. The highest BCUT2D eigenvalue weighted by Crippen LogP contribution is 2.45. The van der Waals surface area contributed by atoms with Gasteiger partial charge in [0.05, 0.1) is 50.5 Å². The predicted molar refractivity (Wildman–Crippen MR) is 241 cm³/mol. The SMILES string of the molecule is CC[C@H]1CC[C@@H](C2=Nc3ccc4cc5c(cc4c3C2)OCc2cc(-c3cnc([C@@H]4CC[C@H](C)N4C(=O)[C@@H](NC(=O)OC)C(C)C)[nH]3)ccc2-5)N1C(=O)[C@@H](NC(=O)OC)[C@H]1CCCOC1. The molecule has 6 heterocycles. The van der Waals surface area contributed by atoms with Gasteiger partial charge in [0.25, 0.3) is 0 Å². The van der Waals surface area contributed by atoms with E-state index in [-0.39, 0.29) is 47.8 Å². The molecule has 4 aromatic rings. The van der Waals surface area contributed by atoms with E-state index in [9.17, 15) is 19.2 Å². The van der Waals surface area contributed by atoms with Crippen molar-refractivity contribution in [1.82, 2.24) is 30.4 Å². The zero-order valence-electron chi connectivity index (χ0n) is 37.6. The Morgan fingerprint density at radius 2 is 1.70 bits per heavy atom. The van der Waals surface area contributed by atoms with Gasteiger partial charge in [-0.25, -0.2) is 14.6 Å². The number of fused-ring (bicyclic) bond motifs is 6. The van der Waals surface area contributed by atoms with Gasteiger partial charge in [0.2, 0.25) is 11.8 Å². The Bertz CT molecular complexity index is 2490. The first-order valence-electron chi connectivity index (χ1n) is 22.9. The van der Waals surface area contributed by atoms with E-state index >= 15 is 0 Å². The Hall–Kier alpha value is -5.96. The number of H-pyrrole nitrogens is 1. The zero-order valence-corrected chi connectivity index (χ0v) is 37.6. The number of benzene rings is 3. The van der Waals surface area contributed by atoms with Gasteiger partial charge in [-0.1, -0.05) is 39.0 Å². The molecule has 15 nitrogen and oxygen atoms in total. The first-order chi connectivity index (χ1) is 31.0. The second kappa shape index (κ2) is 17.9. The fourth-order valence-corrected chi connectivity index (χ4v) is 10.7. The van der Waals surface area contributed by atoms with E-state index in [4.69, 9.17) is 28.9 Å². The number of alkyl carbamates (subject to hydrolysis) is 2. The van der Waals surface area contributed by atoms with Gasteiger partial charge in [-0.05, 0) is 115 Å². The number of amides is 4. The molecule has 7 atom stereocenters. The minimum atomic E-state index is -0.738. The summed E-state index contributed by atoms with van der Waals surface area (Å²) in [5.41, 5.74) is 8.01. The van der Waals surface area contributed by atoms with Crippen LogP contribution in [0, 0.1) is 11.8 Å². The van der Waals surface area contributed by atoms with Crippen LogP contribution in [-0.4, -0.2) is 107 Å². The Morgan fingerprint density at radius 3 is 2.45 bits per heavy atom. The van der Waals surface area contributed by atoms with Gasteiger partial charge in [-0.15, -0.1) is 0 Å². The van der Waals surface area contributed by atoms with Crippen molar-refractivity contribution in [3.8, 4) is 28.1 Å². The Labute approximate surface area is 373 Å². The third-order valence-corrected chi connectivity index (χ3v) is 14.1. The van der Waals surface area contributed by atoms with Crippen LogP contribution in [0.5, 0.6) is 5.75 Å². The Kier molecular flexibility index (Phi) is 12.1. The third-order valence-electron chi connectivity index (χ3n) is 14.1. The number of nitrogens with zero attached hydrogens (tertiary/aromatic N) is 4. The van der Waals surface area contributed by atoms with Crippen LogP contribution in [0.25, 0.3) is 33.2 Å². The summed E-state index contributed by atoms with van der Waals surface area (Å²) in [4.78, 5) is 70.4. The molecule has 3 fully saturated rings. The lowest BCUT2D eigenvalue weighted by molar-refractivity contribution is -0.138. The molecule has 5 aliphatic heterocycles. The van der Waals surface area contributed by atoms with E-state index in [1.165, 1.54) is 14.2 Å². The van der Waals surface area contributed by atoms with E-state index in [0.29, 0.717) is 32.1 Å². The monoisotopic (exact) mass is 873 g/mol. The minimum Gasteiger partial charge on any atom is -0.488 e. The van der Waals surface area contributed by atoms with Crippen LogP contribution >= 0.6 is 0 Å². The van der Waals surface area contributed by atoms with Gasteiger partial charge >= 0.3 is 12.2 Å². The van der Waals surface area contributed by atoms with E-state index in [0.717, 1.165) is 106 Å². The molecular formula is C49H59N7O8. The largest absolute Gasteiger partial charge is 0.488 e. The van der Waals surface area contributed by atoms with Crippen molar-refractivity contribution >= 4 is 46.2 Å². The van der Waals surface area contributed by atoms with Gasteiger partial charge < -0.3 is 44.4 Å². The van der Waals surface area contributed by atoms with Crippen LogP contribution in [0.4, 0.5) is 15.3 Å². The molecule has 9 rings (SSSR count). The number of likely N-dealkylation sites (tertiary alicyclic amines) is 2. The molecule has 3 saturated heterocycles. The van der Waals surface area contributed by atoms with E-state index < -0.39 is 24.3 Å². The number of aromatic amines is 1. The third kappa shape index (κ3) is 7.96. The first-order valence-corrected chi connectivity index (χ1v) is 22.9. The van der Waals surface area contributed by atoms with E-state index in [1.807, 2.05) is 36.8 Å². The number of hydrogen-bond donors (Lipinski definition) is 3. The number of rotatable bonds is 10. The van der Waals surface area contributed by atoms with Crippen LogP contribution in [0.15, 0.2) is 53.7 Å². The molecular weight excluding hydrogens is 815 g/mol.